The normalized spacial score (nSPS) is 18.6. The highest BCUT2D eigenvalue weighted by atomic mass is 16.4. The van der Waals surface area contributed by atoms with Crippen LogP contribution in [-0.2, 0) is 4.79 Å². The lowest BCUT2D eigenvalue weighted by molar-refractivity contribution is -0.137. The first-order valence-corrected chi connectivity index (χ1v) is 5.67. The first kappa shape index (κ1) is 12.8. The van der Waals surface area contributed by atoms with E-state index in [0.717, 1.165) is 19.4 Å². The fraction of sp³-hybridized carbons (Fsp3) is 0.818. The predicted molar refractivity (Wildman–Crippen MR) is 60.3 cm³/mol. The molecule has 16 heavy (non-hydrogen) atoms. The third kappa shape index (κ3) is 2.65. The summed E-state index contributed by atoms with van der Waals surface area (Å²) in [6.45, 7) is 6.77. The van der Waals surface area contributed by atoms with Gasteiger partial charge in [0.1, 0.15) is 6.54 Å². The molecule has 0 aliphatic carbocycles. The minimum Gasteiger partial charge on any atom is -0.480 e. The molecular formula is C11H20N2O3. The predicted octanol–water partition coefficient (Wildman–Crippen LogP) is 1.39. The van der Waals surface area contributed by atoms with Crippen LogP contribution in [0.2, 0.25) is 0 Å². The first-order valence-electron chi connectivity index (χ1n) is 5.67. The summed E-state index contributed by atoms with van der Waals surface area (Å²) < 4.78 is 0. The van der Waals surface area contributed by atoms with Crippen LogP contribution in [0.25, 0.3) is 0 Å². The summed E-state index contributed by atoms with van der Waals surface area (Å²) in [6.07, 6.45) is 1.97. The average Bonchev–Trinajstić information content (AvgIpc) is 2.53. The molecule has 1 heterocycles. The SMILES string of the molecule is CCN(CC(=O)O)C(=O)N1CCCC1(C)C. The van der Waals surface area contributed by atoms with Crippen LogP contribution >= 0.6 is 0 Å². The van der Waals surface area contributed by atoms with Crippen molar-refractivity contribution in [1.82, 2.24) is 9.80 Å². The Morgan fingerprint density at radius 2 is 2.06 bits per heavy atom. The van der Waals surface area contributed by atoms with Crippen molar-refractivity contribution in [1.29, 1.82) is 0 Å². The fourth-order valence-electron chi connectivity index (χ4n) is 2.11. The molecule has 5 nitrogen and oxygen atoms in total. The van der Waals surface area contributed by atoms with Crippen LogP contribution in [0.4, 0.5) is 4.79 Å². The van der Waals surface area contributed by atoms with Gasteiger partial charge in [-0.05, 0) is 33.6 Å². The van der Waals surface area contributed by atoms with E-state index in [1.807, 2.05) is 13.8 Å². The van der Waals surface area contributed by atoms with Gasteiger partial charge in [0.15, 0.2) is 0 Å². The van der Waals surface area contributed by atoms with Crippen LogP contribution in [0.1, 0.15) is 33.6 Å². The Kier molecular flexibility index (Phi) is 3.78. The number of amides is 2. The number of hydrogen-bond acceptors (Lipinski definition) is 2. The summed E-state index contributed by atoms with van der Waals surface area (Å²) in [5, 5.41) is 8.72. The number of hydrogen-bond donors (Lipinski definition) is 1. The lowest BCUT2D eigenvalue weighted by Gasteiger charge is -2.35. The van der Waals surface area contributed by atoms with E-state index in [-0.39, 0.29) is 18.1 Å². The van der Waals surface area contributed by atoms with Crippen LogP contribution in [0.5, 0.6) is 0 Å². The summed E-state index contributed by atoms with van der Waals surface area (Å²) in [5.41, 5.74) is -0.150. The zero-order valence-corrected chi connectivity index (χ0v) is 10.2. The van der Waals surface area contributed by atoms with E-state index in [1.165, 1.54) is 4.90 Å². The number of carbonyl (C=O) groups is 2. The van der Waals surface area contributed by atoms with Crippen molar-refractivity contribution in [3.8, 4) is 0 Å². The van der Waals surface area contributed by atoms with Gasteiger partial charge < -0.3 is 14.9 Å². The molecule has 0 aromatic heterocycles. The number of urea groups is 1. The second kappa shape index (κ2) is 4.72. The molecule has 0 saturated carbocycles. The molecule has 1 rings (SSSR count). The maximum atomic E-state index is 12.1. The Hall–Kier alpha value is -1.26. The molecule has 0 unspecified atom stereocenters. The molecule has 92 valence electrons. The van der Waals surface area contributed by atoms with Crippen molar-refractivity contribution in [2.24, 2.45) is 0 Å². The van der Waals surface area contributed by atoms with E-state index >= 15 is 0 Å². The van der Waals surface area contributed by atoms with E-state index < -0.39 is 5.97 Å². The monoisotopic (exact) mass is 228 g/mol. The smallest absolute Gasteiger partial charge is 0.323 e. The van der Waals surface area contributed by atoms with Gasteiger partial charge in [-0.2, -0.15) is 0 Å². The van der Waals surface area contributed by atoms with Crippen LogP contribution in [0.3, 0.4) is 0 Å². The molecule has 5 heteroatoms. The number of carboxylic acid groups (broad SMARTS) is 1. The summed E-state index contributed by atoms with van der Waals surface area (Å²) in [6, 6.07) is -0.160. The van der Waals surface area contributed by atoms with Crippen molar-refractivity contribution >= 4 is 12.0 Å². The second-order valence-electron chi connectivity index (χ2n) is 4.76. The van der Waals surface area contributed by atoms with Gasteiger partial charge in [0, 0.05) is 18.6 Å². The van der Waals surface area contributed by atoms with E-state index in [9.17, 15) is 9.59 Å². The van der Waals surface area contributed by atoms with Gasteiger partial charge in [-0.3, -0.25) is 4.79 Å². The second-order valence-corrected chi connectivity index (χ2v) is 4.76. The number of nitrogens with zero attached hydrogens (tertiary/aromatic N) is 2. The molecule has 2 amide bonds. The zero-order valence-electron chi connectivity index (χ0n) is 10.2. The molecule has 1 saturated heterocycles. The molecule has 1 fully saturated rings. The first-order chi connectivity index (χ1) is 7.38. The van der Waals surface area contributed by atoms with Crippen molar-refractivity contribution in [3.05, 3.63) is 0 Å². The Bertz CT molecular complexity index is 289. The van der Waals surface area contributed by atoms with Gasteiger partial charge in [0.05, 0.1) is 0 Å². The highest BCUT2D eigenvalue weighted by molar-refractivity contribution is 5.80. The third-order valence-corrected chi connectivity index (χ3v) is 3.11. The molecular weight excluding hydrogens is 208 g/mol. The Labute approximate surface area is 96.0 Å². The molecule has 0 atom stereocenters. The van der Waals surface area contributed by atoms with Crippen LogP contribution in [0.15, 0.2) is 0 Å². The Morgan fingerprint density at radius 1 is 1.44 bits per heavy atom. The summed E-state index contributed by atoms with van der Waals surface area (Å²) in [7, 11) is 0. The lowest BCUT2D eigenvalue weighted by Crippen LogP contribution is -2.50. The van der Waals surface area contributed by atoms with Gasteiger partial charge >= 0.3 is 12.0 Å². The standard InChI is InChI=1S/C11H20N2O3/c1-4-12(8-9(14)15)10(16)13-7-5-6-11(13,2)3/h4-8H2,1-3H3,(H,14,15). The minimum atomic E-state index is -0.966. The number of aliphatic carboxylic acids is 1. The van der Waals surface area contributed by atoms with E-state index in [1.54, 1.807) is 11.8 Å². The third-order valence-electron chi connectivity index (χ3n) is 3.11. The maximum Gasteiger partial charge on any atom is 0.323 e. The molecule has 0 bridgehead atoms. The van der Waals surface area contributed by atoms with Crippen LogP contribution in [-0.4, -0.2) is 52.1 Å². The summed E-state index contributed by atoms with van der Waals surface area (Å²) in [4.78, 5) is 25.9. The van der Waals surface area contributed by atoms with Crippen molar-refractivity contribution < 1.29 is 14.7 Å². The van der Waals surface area contributed by atoms with E-state index in [4.69, 9.17) is 5.11 Å². The zero-order chi connectivity index (χ0) is 12.3. The van der Waals surface area contributed by atoms with Crippen molar-refractivity contribution in [2.75, 3.05) is 19.6 Å². The molecule has 0 aromatic rings. The Balaban J connectivity index is 2.71. The topological polar surface area (TPSA) is 60.9 Å². The van der Waals surface area contributed by atoms with Gasteiger partial charge in [-0.1, -0.05) is 0 Å². The summed E-state index contributed by atoms with van der Waals surface area (Å²) in [5.74, 6) is -0.966. The fourth-order valence-corrected chi connectivity index (χ4v) is 2.11. The maximum absolute atomic E-state index is 12.1. The highest BCUT2D eigenvalue weighted by Gasteiger charge is 2.37. The largest absolute Gasteiger partial charge is 0.480 e. The molecule has 1 aliphatic heterocycles. The van der Waals surface area contributed by atoms with E-state index in [2.05, 4.69) is 0 Å². The van der Waals surface area contributed by atoms with Gasteiger partial charge in [-0.15, -0.1) is 0 Å². The summed E-state index contributed by atoms with van der Waals surface area (Å²) >= 11 is 0. The average molecular weight is 228 g/mol. The number of likely N-dealkylation sites (tertiary alicyclic amines) is 1. The quantitative estimate of drug-likeness (QED) is 0.794. The Morgan fingerprint density at radius 3 is 2.44 bits per heavy atom. The molecule has 0 radical (unpaired) electrons. The number of rotatable bonds is 3. The number of carboxylic acids is 1. The molecule has 0 spiro atoms. The van der Waals surface area contributed by atoms with Crippen LogP contribution < -0.4 is 0 Å². The highest BCUT2D eigenvalue weighted by Crippen LogP contribution is 2.29. The number of likely N-dealkylation sites (N-methyl/N-ethyl adjacent to an activating group) is 1. The molecule has 0 aromatic carbocycles. The lowest BCUT2D eigenvalue weighted by atomic mass is 10.0. The van der Waals surface area contributed by atoms with Crippen molar-refractivity contribution in [3.63, 3.8) is 0 Å². The van der Waals surface area contributed by atoms with Crippen LogP contribution in [0, 0.1) is 0 Å². The van der Waals surface area contributed by atoms with Gasteiger partial charge in [0.2, 0.25) is 0 Å². The van der Waals surface area contributed by atoms with Gasteiger partial charge in [0.25, 0.3) is 0 Å². The molecule has 1 N–H and O–H groups in total. The van der Waals surface area contributed by atoms with Crippen molar-refractivity contribution in [2.45, 2.75) is 39.2 Å². The van der Waals surface area contributed by atoms with Gasteiger partial charge in [-0.25, -0.2) is 4.79 Å². The molecule has 1 aliphatic rings. The number of carbonyl (C=O) groups excluding carboxylic acids is 1. The van der Waals surface area contributed by atoms with E-state index in [0.29, 0.717) is 6.54 Å². The minimum absolute atomic E-state index is 0.150.